The molecule has 0 fully saturated rings. The zero-order chi connectivity index (χ0) is 14.8. The van der Waals surface area contributed by atoms with Crippen molar-refractivity contribution in [2.75, 3.05) is 13.2 Å². The van der Waals surface area contributed by atoms with Crippen LogP contribution in [-0.4, -0.2) is 30.4 Å². The highest BCUT2D eigenvalue weighted by Gasteiger charge is 2.14. The van der Waals surface area contributed by atoms with E-state index in [-0.39, 0.29) is 17.4 Å². The van der Waals surface area contributed by atoms with Gasteiger partial charge in [0.25, 0.3) is 0 Å². The van der Waals surface area contributed by atoms with Crippen molar-refractivity contribution < 1.29 is 19.4 Å². The van der Waals surface area contributed by atoms with Gasteiger partial charge < -0.3 is 14.6 Å². The maximum Gasteiger partial charge on any atom is 0.342 e. The van der Waals surface area contributed by atoms with Crippen LogP contribution in [0.25, 0.3) is 0 Å². The van der Waals surface area contributed by atoms with Gasteiger partial charge in [-0.2, -0.15) is 0 Å². The third-order valence-electron chi connectivity index (χ3n) is 3.04. The third-order valence-corrected chi connectivity index (χ3v) is 3.04. The number of phenols is 1. The summed E-state index contributed by atoms with van der Waals surface area (Å²) in [6.45, 7) is 5.41. The van der Waals surface area contributed by atoms with Crippen LogP contribution in [0.4, 0.5) is 0 Å². The Morgan fingerprint density at radius 2 is 2.00 bits per heavy atom. The van der Waals surface area contributed by atoms with Crippen molar-refractivity contribution in [2.45, 2.75) is 45.6 Å². The van der Waals surface area contributed by atoms with Gasteiger partial charge in [-0.05, 0) is 45.2 Å². The summed E-state index contributed by atoms with van der Waals surface area (Å²) < 4.78 is 10.6. The van der Waals surface area contributed by atoms with E-state index in [4.69, 9.17) is 9.47 Å². The van der Waals surface area contributed by atoms with E-state index in [0.29, 0.717) is 0 Å². The van der Waals surface area contributed by atoms with Gasteiger partial charge in [0, 0.05) is 13.2 Å². The van der Waals surface area contributed by atoms with Crippen molar-refractivity contribution in [2.24, 2.45) is 0 Å². The normalized spacial score (nSPS) is 12.1. The molecule has 1 unspecified atom stereocenters. The Hall–Kier alpha value is -1.55. The monoisotopic (exact) mass is 280 g/mol. The molecule has 4 heteroatoms. The maximum atomic E-state index is 11.8. The van der Waals surface area contributed by atoms with Crippen LogP contribution in [0, 0.1) is 0 Å². The van der Waals surface area contributed by atoms with Gasteiger partial charge in [0.2, 0.25) is 0 Å². The number of ether oxygens (including phenoxy) is 2. The Bertz CT molecular complexity index is 403. The lowest BCUT2D eigenvalue weighted by molar-refractivity contribution is 0.0314. The Kier molecular flexibility index (Phi) is 7.73. The minimum absolute atomic E-state index is 0.0404. The smallest absolute Gasteiger partial charge is 0.342 e. The van der Waals surface area contributed by atoms with Gasteiger partial charge in [0.1, 0.15) is 11.3 Å². The van der Waals surface area contributed by atoms with Gasteiger partial charge in [-0.1, -0.05) is 18.6 Å². The van der Waals surface area contributed by atoms with Crippen molar-refractivity contribution in [3.8, 4) is 5.75 Å². The summed E-state index contributed by atoms with van der Waals surface area (Å²) in [5, 5.41) is 9.58. The van der Waals surface area contributed by atoms with Crippen LogP contribution in [0.3, 0.4) is 0 Å². The predicted molar refractivity (Wildman–Crippen MR) is 77.9 cm³/mol. The molecule has 1 atom stereocenters. The van der Waals surface area contributed by atoms with Crippen LogP contribution < -0.4 is 0 Å². The fourth-order valence-electron chi connectivity index (χ4n) is 1.91. The van der Waals surface area contributed by atoms with Gasteiger partial charge >= 0.3 is 5.97 Å². The minimum atomic E-state index is -0.468. The molecule has 0 radical (unpaired) electrons. The van der Waals surface area contributed by atoms with E-state index in [2.05, 4.69) is 0 Å². The molecule has 20 heavy (non-hydrogen) atoms. The number of para-hydroxylation sites is 1. The second-order valence-electron chi connectivity index (χ2n) is 4.78. The highest BCUT2D eigenvalue weighted by molar-refractivity contribution is 5.92. The summed E-state index contributed by atoms with van der Waals surface area (Å²) in [4.78, 5) is 11.8. The third kappa shape index (κ3) is 6.06. The average Bonchev–Trinajstić information content (AvgIpc) is 2.43. The number of esters is 1. The van der Waals surface area contributed by atoms with Crippen molar-refractivity contribution in [3.63, 3.8) is 0 Å². The first-order valence-electron chi connectivity index (χ1n) is 7.21. The number of aromatic hydroxyl groups is 1. The number of carbonyl (C=O) groups excluding carboxylic acids is 1. The van der Waals surface area contributed by atoms with E-state index in [1.165, 1.54) is 6.07 Å². The first-order valence-corrected chi connectivity index (χ1v) is 7.21. The highest BCUT2D eigenvalue weighted by Crippen LogP contribution is 2.18. The average molecular weight is 280 g/mol. The van der Waals surface area contributed by atoms with Crippen LogP contribution in [0.2, 0.25) is 0 Å². The minimum Gasteiger partial charge on any atom is -0.507 e. The van der Waals surface area contributed by atoms with Gasteiger partial charge in [-0.3, -0.25) is 0 Å². The molecule has 0 heterocycles. The zero-order valence-electron chi connectivity index (χ0n) is 12.3. The van der Waals surface area contributed by atoms with Gasteiger partial charge in [0.15, 0.2) is 0 Å². The van der Waals surface area contributed by atoms with Crippen molar-refractivity contribution in [3.05, 3.63) is 29.8 Å². The van der Waals surface area contributed by atoms with Crippen molar-refractivity contribution >= 4 is 5.97 Å². The molecule has 0 saturated heterocycles. The van der Waals surface area contributed by atoms with E-state index in [1.54, 1.807) is 18.2 Å². The Morgan fingerprint density at radius 3 is 2.70 bits per heavy atom. The number of phenolic OH excluding ortho intramolecular Hbond substituents is 1. The van der Waals surface area contributed by atoms with Crippen LogP contribution in [-0.2, 0) is 9.47 Å². The van der Waals surface area contributed by atoms with Crippen LogP contribution in [0.5, 0.6) is 5.75 Å². The molecule has 0 aliphatic heterocycles. The fraction of sp³-hybridized carbons (Fsp3) is 0.562. The summed E-state index contributed by atoms with van der Waals surface area (Å²) in [7, 11) is 0. The molecule has 0 aliphatic carbocycles. The molecule has 112 valence electrons. The summed E-state index contributed by atoms with van der Waals surface area (Å²) in [5.74, 6) is -0.508. The van der Waals surface area contributed by atoms with Crippen molar-refractivity contribution in [1.82, 2.24) is 0 Å². The molecule has 0 spiro atoms. The lowest BCUT2D eigenvalue weighted by atomic mass is 10.1. The SMILES string of the molecule is CCOCCCCCC(C)OC(=O)c1ccccc1O. The van der Waals surface area contributed by atoms with Gasteiger partial charge in [-0.25, -0.2) is 4.79 Å². The van der Waals surface area contributed by atoms with E-state index >= 15 is 0 Å². The van der Waals surface area contributed by atoms with Gasteiger partial charge in [-0.15, -0.1) is 0 Å². The molecule has 1 aromatic carbocycles. The second-order valence-corrected chi connectivity index (χ2v) is 4.78. The van der Waals surface area contributed by atoms with E-state index in [9.17, 15) is 9.90 Å². The van der Waals surface area contributed by atoms with Gasteiger partial charge in [0.05, 0.1) is 6.10 Å². The van der Waals surface area contributed by atoms with E-state index < -0.39 is 5.97 Å². The first kappa shape index (κ1) is 16.5. The highest BCUT2D eigenvalue weighted by atomic mass is 16.5. The fourth-order valence-corrected chi connectivity index (χ4v) is 1.91. The van der Waals surface area contributed by atoms with Crippen LogP contribution in [0.1, 0.15) is 49.9 Å². The van der Waals surface area contributed by atoms with Crippen molar-refractivity contribution in [1.29, 1.82) is 0 Å². The van der Waals surface area contributed by atoms with E-state index in [1.807, 2.05) is 13.8 Å². The number of unbranched alkanes of at least 4 members (excludes halogenated alkanes) is 2. The predicted octanol–water partition coefficient (Wildman–Crippen LogP) is 3.53. The molecule has 0 aliphatic rings. The number of hydrogen-bond donors (Lipinski definition) is 1. The Balaban J connectivity index is 2.23. The topological polar surface area (TPSA) is 55.8 Å². The second kappa shape index (κ2) is 9.37. The summed E-state index contributed by atoms with van der Waals surface area (Å²) >= 11 is 0. The molecular weight excluding hydrogens is 256 g/mol. The molecule has 4 nitrogen and oxygen atoms in total. The molecule has 1 rings (SSSR count). The lowest BCUT2D eigenvalue weighted by Gasteiger charge is -2.13. The number of hydrogen-bond acceptors (Lipinski definition) is 4. The first-order chi connectivity index (χ1) is 9.65. The van der Waals surface area contributed by atoms with Crippen LogP contribution >= 0.6 is 0 Å². The Labute approximate surface area is 120 Å². The molecule has 0 saturated carbocycles. The number of benzene rings is 1. The molecule has 0 bridgehead atoms. The van der Waals surface area contributed by atoms with E-state index in [0.717, 1.165) is 38.9 Å². The molecule has 0 amide bonds. The Morgan fingerprint density at radius 1 is 1.25 bits per heavy atom. The molecule has 0 aromatic heterocycles. The molecule has 1 N–H and O–H groups in total. The lowest BCUT2D eigenvalue weighted by Crippen LogP contribution is -2.15. The molecular formula is C16H24O4. The summed E-state index contributed by atoms with van der Waals surface area (Å²) in [6, 6.07) is 6.42. The standard InChI is InChI=1S/C16H24O4/c1-3-19-12-8-4-5-9-13(2)20-16(18)14-10-6-7-11-15(14)17/h6-7,10-11,13,17H,3-5,8-9,12H2,1-2H3. The maximum absolute atomic E-state index is 11.8. The summed E-state index contributed by atoms with van der Waals surface area (Å²) in [6.07, 6.45) is 3.79. The number of rotatable bonds is 9. The zero-order valence-corrected chi connectivity index (χ0v) is 12.3. The largest absolute Gasteiger partial charge is 0.507 e. The van der Waals surface area contributed by atoms with Crippen LogP contribution in [0.15, 0.2) is 24.3 Å². The number of carbonyl (C=O) groups is 1. The quantitative estimate of drug-likeness (QED) is 0.555. The molecule has 1 aromatic rings. The summed E-state index contributed by atoms with van der Waals surface area (Å²) in [5.41, 5.74) is 0.218.